The van der Waals surface area contributed by atoms with E-state index < -0.39 is 0 Å². The third-order valence-electron chi connectivity index (χ3n) is 3.58. The molecule has 0 aliphatic rings. The second-order valence-corrected chi connectivity index (χ2v) is 4.87. The number of rotatable bonds is 4. The van der Waals surface area contributed by atoms with Crippen LogP contribution in [0.2, 0.25) is 0 Å². The summed E-state index contributed by atoms with van der Waals surface area (Å²) in [7, 11) is 0. The fraction of sp³-hybridized carbons (Fsp3) is 0.250. The first-order valence-corrected chi connectivity index (χ1v) is 7.03. The molecule has 0 unspecified atom stereocenters. The number of nitrogens with zero attached hydrogens (tertiary/aromatic N) is 5. The molecule has 5 heteroatoms. The molecule has 0 radical (unpaired) electrons. The first-order valence-electron chi connectivity index (χ1n) is 7.03. The predicted molar refractivity (Wildman–Crippen MR) is 80.7 cm³/mol. The maximum atomic E-state index is 4.51. The maximum Gasteiger partial charge on any atom is 0.159 e. The van der Waals surface area contributed by atoms with E-state index >= 15 is 0 Å². The van der Waals surface area contributed by atoms with E-state index in [1.807, 2.05) is 24.5 Å². The SMILES string of the molecule is CCc1ccc(-c2nccn2[C@H](C)c2ccncn2)nc1. The summed E-state index contributed by atoms with van der Waals surface area (Å²) >= 11 is 0. The summed E-state index contributed by atoms with van der Waals surface area (Å²) in [5.41, 5.74) is 3.05. The van der Waals surface area contributed by atoms with Gasteiger partial charge in [0.05, 0.1) is 11.7 Å². The molecule has 3 aromatic rings. The highest BCUT2D eigenvalue weighted by Gasteiger charge is 2.15. The third kappa shape index (κ3) is 2.67. The molecule has 1 atom stereocenters. The van der Waals surface area contributed by atoms with Crippen molar-refractivity contribution < 1.29 is 0 Å². The molecule has 0 amide bonds. The first-order chi connectivity index (χ1) is 10.3. The van der Waals surface area contributed by atoms with E-state index in [2.05, 4.69) is 44.4 Å². The Labute approximate surface area is 123 Å². The lowest BCUT2D eigenvalue weighted by molar-refractivity contribution is 0.623. The van der Waals surface area contributed by atoms with Crippen LogP contribution >= 0.6 is 0 Å². The fourth-order valence-corrected chi connectivity index (χ4v) is 2.28. The third-order valence-corrected chi connectivity index (χ3v) is 3.58. The van der Waals surface area contributed by atoms with Gasteiger partial charge in [-0.1, -0.05) is 13.0 Å². The average molecular weight is 279 g/mol. The van der Waals surface area contributed by atoms with Gasteiger partial charge < -0.3 is 4.57 Å². The molecule has 106 valence electrons. The Morgan fingerprint density at radius 1 is 1.10 bits per heavy atom. The molecule has 0 N–H and O–H groups in total. The lowest BCUT2D eigenvalue weighted by Crippen LogP contribution is -2.09. The molecule has 0 aromatic carbocycles. The molecule has 0 saturated heterocycles. The summed E-state index contributed by atoms with van der Waals surface area (Å²) < 4.78 is 2.08. The van der Waals surface area contributed by atoms with Gasteiger partial charge in [0.15, 0.2) is 5.82 Å². The van der Waals surface area contributed by atoms with Crippen molar-refractivity contribution in [3.8, 4) is 11.5 Å². The zero-order chi connectivity index (χ0) is 14.7. The average Bonchev–Trinajstić information content (AvgIpc) is 3.04. The van der Waals surface area contributed by atoms with Crippen LogP contribution in [0.3, 0.4) is 0 Å². The van der Waals surface area contributed by atoms with Gasteiger partial charge >= 0.3 is 0 Å². The smallest absolute Gasteiger partial charge is 0.159 e. The quantitative estimate of drug-likeness (QED) is 0.737. The van der Waals surface area contributed by atoms with E-state index in [4.69, 9.17) is 0 Å². The highest BCUT2D eigenvalue weighted by atomic mass is 15.1. The number of hydrogen-bond donors (Lipinski definition) is 0. The van der Waals surface area contributed by atoms with Gasteiger partial charge in [-0.25, -0.2) is 15.0 Å². The lowest BCUT2D eigenvalue weighted by Gasteiger charge is -2.15. The van der Waals surface area contributed by atoms with Crippen LogP contribution in [0.4, 0.5) is 0 Å². The van der Waals surface area contributed by atoms with E-state index in [-0.39, 0.29) is 6.04 Å². The van der Waals surface area contributed by atoms with Crippen LogP contribution in [-0.2, 0) is 6.42 Å². The van der Waals surface area contributed by atoms with E-state index in [9.17, 15) is 0 Å². The van der Waals surface area contributed by atoms with Crippen LogP contribution in [0.5, 0.6) is 0 Å². The van der Waals surface area contributed by atoms with Crippen molar-refractivity contribution in [1.82, 2.24) is 24.5 Å². The molecule has 0 aliphatic heterocycles. The number of hydrogen-bond acceptors (Lipinski definition) is 4. The van der Waals surface area contributed by atoms with Crippen LogP contribution in [0.1, 0.15) is 31.1 Å². The monoisotopic (exact) mass is 279 g/mol. The van der Waals surface area contributed by atoms with Crippen LogP contribution in [0.15, 0.2) is 49.3 Å². The Bertz CT molecular complexity index is 703. The number of imidazole rings is 1. The summed E-state index contributed by atoms with van der Waals surface area (Å²) in [6, 6.07) is 6.11. The number of aromatic nitrogens is 5. The Morgan fingerprint density at radius 2 is 2.00 bits per heavy atom. The Morgan fingerprint density at radius 3 is 2.67 bits per heavy atom. The summed E-state index contributed by atoms with van der Waals surface area (Å²) in [5.74, 6) is 0.851. The molecule has 0 bridgehead atoms. The summed E-state index contributed by atoms with van der Waals surface area (Å²) in [4.78, 5) is 17.2. The molecule has 0 aliphatic carbocycles. The van der Waals surface area contributed by atoms with Crippen molar-refractivity contribution in [2.75, 3.05) is 0 Å². The molecule has 3 heterocycles. The molecular weight excluding hydrogens is 262 g/mol. The number of aryl methyl sites for hydroxylation is 1. The second-order valence-electron chi connectivity index (χ2n) is 4.87. The molecule has 3 aromatic heterocycles. The number of pyridine rings is 1. The van der Waals surface area contributed by atoms with Crippen molar-refractivity contribution in [3.63, 3.8) is 0 Å². The van der Waals surface area contributed by atoms with Gasteiger partial charge in [-0.05, 0) is 31.0 Å². The topological polar surface area (TPSA) is 56.5 Å². The molecule has 0 fully saturated rings. The van der Waals surface area contributed by atoms with Crippen LogP contribution in [0, 0.1) is 0 Å². The van der Waals surface area contributed by atoms with Gasteiger partial charge in [-0.15, -0.1) is 0 Å². The molecule has 21 heavy (non-hydrogen) atoms. The summed E-state index contributed by atoms with van der Waals surface area (Å²) in [6.07, 6.45) is 9.96. The highest BCUT2D eigenvalue weighted by Crippen LogP contribution is 2.23. The minimum atomic E-state index is 0.0816. The van der Waals surface area contributed by atoms with Gasteiger partial charge in [0, 0.05) is 24.8 Å². The standard InChI is InChI=1S/C16H17N5/c1-3-13-4-5-15(19-10-13)16-18-8-9-21(16)12(2)14-6-7-17-11-20-14/h4-12H,3H2,1-2H3/t12-/m1/s1. The van der Waals surface area contributed by atoms with Crippen molar-refractivity contribution >= 4 is 0 Å². The molecule has 3 rings (SSSR count). The van der Waals surface area contributed by atoms with Gasteiger partial charge in [0.25, 0.3) is 0 Å². The molecule has 0 spiro atoms. The largest absolute Gasteiger partial charge is 0.321 e. The van der Waals surface area contributed by atoms with Crippen molar-refractivity contribution in [2.45, 2.75) is 26.3 Å². The molecular formula is C16H17N5. The molecule has 5 nitrogen and oxygen atoms in total. The second kappa shape index (κ2) is 5.83. The van der Waals surface area contributed by atoms with E-state index in [1.165, 1.54) is 5.56 Å². The van der Waals surface area contributed by atoms with Gasteiger partial charge in [-0.3, -0.25) is 4.98 Å². The Hall–Kier alpha value is -2.56. The van der Waals surface area contributed by atoms with Gasteiger partial charge in [0.1, 0.15) is 12.0 Å². The van der Waals surface area contributed by atoms with Gasteiger partial charge in [0.2, 0.25) is 0 Å². The maximum absolute atomic E-state index is 4.51. The predicted octanol–water partition coefficient (Wildman–Crippen LogP) is 2.91. The minimum Gasteiger partial charge on any atom is -0.321 e. The van der Waals surface area contributed by atoms with Crippen LogP contribution in [-0.4, -0.2) is 24.5 Å². The van der Waals surface area contributed by atoms with Crippen LogP contribution in [0.25, 0.3) is 11.5 Å². The summed E-state index contributed by atoms with van der Waals surface area (Å²) in [5, 5.41) is 0. The summed E-state index contributed by atoms with van der Waals surface area (Å²) in [6.45, 7) is 4.21. The normalized spacial score (nSPS) is 12.3. The zero-order valence-electron chi connectivity index (χ0n) is 12.1. The highest BCUT2D eigenvalue weighted by molar-refractivity contribution is 5.50. The van der Waals surface area contributed by atoms with E-state index in [1.54, 1.807) is 18.7 Å². The van der Waals surface area contributed by atoms with E-state index in [0.717, 1.165) is 23.6 Å². The van der Waals surface area contributed by atoms with E-state index in [0.29, 0.717) is 0 Å². The first kappa shape index (κ1) is 13.4. The Balaban J connectivity index is 1.96. The molecule has 0 saturated carbocycles. The van der Waals surface area contributed by atoms with Crippen molar-refractivity contribution in [2.24, 2.45) is 0 Å². The van der Waals surface area contributed by atoms with Crippen LogP contribution < -0.4 is 0 Å². The Kier molecular flexibility index (Phi) is 3.73. The fourth-order valence-electron chi connectivity index (χ4n) is 2.28. The minimum absolute atomic E-state index is 0.0816. The van der Waals surface area contributed by atoms with Crippen molar-refractivity contribution in [1.29, 1.82) is 0 Å². The van der Waals surface area contributed by atoms with Gasteiger partial charge in [-0.2, -0.15) is 0 Å². The van der Waals surface area contributed by atoms with Crippen molar-refractivity contribution in [3.05, 3.63) is 60.6 Å². The lowest BCUT2D eigenvalue weighted by atomic mass is 10.2. The zero-order valence-corrected chi connectivity index (χ0v) is 12.1.